The molecule has 1 amide bonds. The van der Waals surface area contributed by atoms with E-state index < -0.39 is 0 Å². The third-order valence-corrected chi connectivity index (χ3v) is 2.80. The van der Waals surface area contributed by atoms with Crippen molar-refractivity contribution >= 4 is 39.3 Å². The third kappa shape index (κ3) is 3.72. The topological polar surface area (TPSA) is 29.1 Å². The van der Waals surface area contributed by atoms with Crippen LogP contribution in [0.1, 0.15) is 6.42 Å². The lowest BCUT2D eigenvalue weighted by molar-refractivity contribution is -0.115. The first-order chi connectivity index (χ1) is 6.76. The molecule has 0 bridgehead atoms. The molecule has 0 unspecified atom stereocenters. The zero-order chi connectivity index (χ0) is 10.4. The summed E-state index contributed by atoms with van der Waals surface area (Å²) in [6.07, 6.45) is 2.52. The average molecular weight is 274 g/mol. The van der Waals surface area contributed by atoms with Gasteiger partial charge in [-0.05, 0) is 24.5 Å². The molecule has 0 aliphatic rings. The molecule has 76 valence electrons. The summed E-state index contributed by atoms with van der Waals surface area (Å²) < 4.78 is 0. The van der Waals surface area contributed by atoms with E-state index in [0.29, 0.717) is 11.8 Å². The number of benzene rings is 1. The van der Waals surface area contributed by atoms with E-state index in [-0.39, 0.29) is 5.91 Å². The highest BCUT2D eigenvalue weighted by Gasteiger charge is 2.00. The molecule has 0 saturated heterocycles. The Morgan fingerprint density at radius 2 is 2.36 bits per heavy atom. The zero-order valence-electron chi connectivity index (χ0n) is 7.92. The largest absolute Gasteiger partial charge is 0.326 e. The maximum atomic E-state index is 11.3. The second-order valence-corrected chi connectivity index (χ2v) is 4.39. The normalized spacial score (nSPS) is 9.86. The number of alkyl halides is 1. The van der Waals surface area contributed by atoms with Gasteiger partial charge in [-0.2, -0.15) is 0 Å². The van der Waals surface area contributed by atoms with Crippen LogP contribution in [0.4, 0.5) is 5.69 Å². The minimum atomic E-state index is 0.0418. The van der Waals surface area contributed by atoms with Gasteiger partial charge in [0.05, 0.1) is 0 Å². The quantitative estimate of drug-likeness (QED) is 0.675. The Kier molecular flexibility index (Phi) is 5.04. The van der Waals surface area contributed by atoms with Gasteiger partial charge in [-0.1, -0.05) is 22.0 Å². The van der Waals surface area contributed by atoms with Gasteiger partial charge >= 0.3 is 0 Å². The summed E-state index contributed by atoms with van der Waals surface area (Å²) in [5, 5.41) is 3.53. The molecule has 4 heteroatoms. The Balaban J connectivity index is 2.62. The number of hydrogen-bond donors (Lipinski definition) is 1. The lowest BCUT2D eigenvalue weighted by atomic mass is 10.3. The maximum absolute atomic E-state index is 11.3. The monoisotopic (exact) mass is 273 g/mol. The molecule has 0 aliphatic carbocycles. The van der Waals surface area contributed by atoms with Gasteiger partial charge < -0.3 is 5.32 Å². The lowest BCUT2D eigenvalue weighted by Crippen LogP contribution is -2.11. The number of thioether (sulfide) groups is 1. The molecule has 0 heterocycles. The smallest absolute Gasteiger partial charge is 0.225 e. The van der Waals surface area contributed by atoms with Crippen molar-refractivity contribution in [3.8, 4) is 0 Å². The molecule has 1 rings (SSSR count). The molecule has 0 radical (unpaired) electrons. The predicted octanol–water partition coefficient (Wildman–Crippen LogP) is 3.13. The molecule has 1 aromatic rings. The Bertz CT molecular complexity index is 317. The van der Waals surface area contributed by atoms with Crippen LogP contribution >= 0.6 is 27.7 Å². The van der Waals surface area contributed by atoms with Crippen molar-refractivity contribution in [3.05, 3.63) is 24.3 Å². The maximum Gasteiger partial charge on any atom is 0.225 e. The second-order valence-electron chi connectivity index (χ2n) is 2.72. The highest BCUT2D eigenvalue weighted by atomic mass is 79.9. The summed E-state index contributed by atoms with van der Waals surface area (Å²) in [4.78, 5) is 12.4. The molecular weight excluding hydrogens is 262 g/mol. The molecule has 2 nitrogen and oxygen atoms in total. The summed E-state index contributed by atoms with van der Waals surface area (Å²) in [7, 11) is 0. The van der Waals surface area contributed by atoms with Gasteiger partial charge in [-0.3, -0.25) is 4.79 Å². The van der Waals surface area contributed by atoms with Gasteiger partial charge in [0, 0.05) is 22.3 Å². The van der Waals surface area contributed by atoms with Crippen LogP contribution in [0, 0.1) is 0 Å². The molecule has 0 spiro atoms. The first kappa shape index (κ1) is 11.6. The average Bonchev–Trinajstić information content (AvgIpc) is 2.18. The van der Waals surface area contributed by atoms with Crippen LogP contribution < -0.4 is 5.32 Å². The minimum absolute atomic E-state index is 0.0418. The van der Waals surface area contributed by atoms with Crippen molar-refractivity contribution in [1.82, 2.24) is 0 Å². The number of rotatable bonds is 4. The second kappa shape index (κ2) is 6.09. The Morgan fingerprint density at radius 1 is 1.57 bits per heavy atom. The van der Waals surface area contributed by atoms with Crippen LogP contribution in [0.15, 0.2) is 29.2 Å². The van der Waals surface area contributed by atoms with E-state index in [1.54, 1.807) is 11.8 Å². The van der Waals surface area contributed by atoms with Crippen molar-refractivity contribution in [2.45, 2.75) is 11.3 Å². The highest BCUT2D eigenvalue weighted by molar-refractivity contribution is 9.09. The molecule has 0 fully saturated rings. The van der Waals surface area contributed by atoms with E-state index in [1.807, 2.05) is 30.5 Å². The number of amides is 1. The molecule has 0 atom stereocenters. The van der Waals surface area contributed by atoms with E-state index in [2.05, 4.69) is 21.2 Å². The summed E-state index contributed by atoms with van der Waals surface area (Å²) in [6, 6.07) is 7.82. The van der Waals surface area contributed by atoms with Crippen molar-refractivity contribution in [3.63, 3.8) is 0 Å². The van der Waals surface area contributed by atoms with Crippen LogP contribution in [0.25, 0.3) is 0 Å². The summed E-state index contributed by atoms with van der Waals surface area (Å²) in [5.74, 6) is 0.0418. The first-order valence-electron chi connectivity index (χ1n) is 4.26. The zero-order valence-corrected chi connectivity index (χ0v) is 10.3. The van der Waals surface area contributed by atoms with Gasteiger partial charge in [0.1, 0.15) is 0 Å². The van der Waals surface area contributed by atoms with Gasteiger partial charge in [-0.15, -0.1) is 11.8 Å². The summed E-state index contributed by atoms with van der Waals surface area (Å²) in [5.41, 5.74) is 0.864. The van der Waals surface area contributed by atoms with Gasteiger partial charge in [0.2, 0.25) is 5.91 Å². The van der Waals surface area contributed by atoms with Crippen LogP contribution in [0.3, 0.4) is 0 Å². The molecule has 0 aromatic heterocycles. The Morgan fingerprint density at radius 3 is 3.00 bits per heavy atom. The number of carbonyl (C=O) groups excluding carboxylic acids is 1. The number of hydrogen-bond acceptors (Lipinski definition) is 2. The number of halogens is 1. The fourth-order valence-electron chi connectivity index (χ4n) is 1.01. The molecule has 0 aliphatic heterocycles. The Labute approximate surface area is 96.6 Å². The van der Waals surface area contributed by atoms with Crippen LogP contribution in [0.5, 0.6) is 0 Å². The van der Waals surface area contributed by atoms with Gasteiger partial charge in [-0.25, -0.2) is 0 Å². The van der Waals surface area contributed by atoms with E-state index >= 15 is 0 Å². The first-order valence-corrected chi connectivity index (χ1v) is 6.60. The number of nitrogens with one attached hydrogen (secondary N) is 1. The van der Waals surface area contributed by atoms with Crippen molar-refractivity contribution in [2.75, 3.05) is 16.9 Å². The van der Waals surface area contributed by atoms with E-state index in [0.717, 1.165) is 10.6 Å². The van der Waals surface area contributed by atoms with Crippen molar-refractivity contribution in [1.29, 1.82) is 0 Å². The standard InChI is InChI=1S/C10H12BrNOS/c1-14-9-4-2-3-8(7-9)12-10(13)5-6-11/h2-4,7H,5-6H2,1H3,(H,12,13). The number of carbonyl (C=O) groups is 1. The summed E-state index contributed by atoms with van der Waals surface area (Å²) in [6.45, 7) is 0. The summed E-state index contributed by atoms with van der Waals surface area (Å²) >= 11 is 4.89. The van der Waals surface area contributed by atoms with Crippen molar-refractivity contribution in [2.24, 2.45) is 0 Å². The highest BCUT2D eigenvalue weighted by Crippen LogP contribution is 2.18. The molecule has 1 aromatic carbocycles. The van der Waals surface area contributed by atoms with Crippen LogP contribution in [-0.2, 0) is 4.79 Å². The van der Waals surface area contributed by atoms with Crippen molar-refractivity contribution < 1.29 is 4.79 Å². The minimum Gasteiger partial charge on any atom is -0.326 e. The lowest BCUT2D eigenvalue weighted by Gasteiger charge is -2.04. The molecular formula is C10H12BrNOS. The van der Waals surface area contributed by atoms with Gasteiger partial charge in [0.15, 0.2) is 0 Å². The van der Waals surface area contributed by atoms with Crippen LogP contribution in [0.2, 0.25) is 0 Å². The molecule has 1 N–H and O–H groups in total. The molecule has 14 heavy (non-hydrogen) atoms. The van der Waals surface area contributed by atoms with E-state index in [9.17, 15) is 4.79 Å². The van der Waals surface area contributed by atoms with E-state index in [1.165, 1.54) is 0 Å². The SMILES string of the molecule is CSc1cccc(NC(=O)CCBr)c1. The fraction of sp³-hybridized carbons (Fsp3) is 0.300. The molecule has 0 saturated carbocycles. The number of anilines is 1. The Hall–Kier alpha value is -0.480. The van der Waals surface area contributed by atoms with E-state index in [4.69, 9.17) is 0 Å². The van der Waals surface area contributed by atoms with Crippen LogP contribution in [-0.4, -0.2) is 17.5 Å². The third-order valence-electron chi connectivity index (χ3n) is 1.68. The van der Waals surface area contributed by atoms with Gasteiger partial charge in [0.25, 0.3) is 0 Å². The fourth-order valence-corrected chi connectivity index (χ4v) is 1.83. The predicted molar refractivity (Wildman–Crippen MR) is 65.3 cm³/mol.